The van der Waals surface area contributed by atoms with E-state index >= 15 is 0 Å². The van der Waals surface area contributed by atoms with Crippen molar-refractivity contribution in [3.05, 3.63) is 89.3 Å². The number of benzene rings is 3. The van der Waals surface area contributed by atoms with Crippen LogP contribution in [0.25, 0.3) is 11.6 Å². The third-order valence-corrected chi connectivity index (χ3v) is 5.85. The van der Waals surface area contributed by atoms with Crippen LogP contribution in [0.3, 0.4) is 0 Å². The van der Waals surface area contributed by atoms with E-state index in [0.717, 1.165) is 17.3 Å². The number of carbonyl (C=O) groups excluding carboxylic acids is 3. The maximum Gasteiger partial charge on any atom is 0.343 e. The monoisotopic (exact) mass is 503 g/mol. The highest BCUT2D eigenvalue weighted by Crippen LogP contribution is 2.30. The highest BCUT2D eigenvalue weighted by atomic mass is 32.2. The quantitative estimate of drug-likeness (QED) is 0.246. The smallest absolute Gasteiger partial charge is 0.343 e. The fraction of sp³-hybridized carbons (Fsp3) is 0.0741. The van der Waals surface area contributed by atoms with Crippen molar-refractivity contribution >= 4 is 40.5 Å². The summed E-state index contributed by atoms with van der Waals surface area (Å²) in [6, 6.07) is 18.7. The number of hydrogen-bond acceptors (Lipinski definition) is 8. The molecule has 4 rings (SSSR count). The Hall–Kier alpha value is -4.50. The molecule has 0 radical (unpaired) electrons. The first-order valence-corrected chi connectivity index (χ1v) is 11.4. The molecule has 0 unspecified atom stereocenters. The zero-order valence-corrected chi connectivity index (χ0v) is 20.2. The van der Waals surface area contributed by atoms with Crippen molar-refractivity contribution in [2.24, 2.45) is 0 Å². The second-order valence-corrected chi connectivity index (χ2v) is 8.48. The number of amides is 2. The van der Waals surface area contributed by atoms with Gasteiger partial charge in [0.15, 0.2) is 0 Å². The van der Waals surface area contributed by atoms with Crippen LogP contribution >= 0.6 is 11.8 Å². The van der Waals surface area contributed by atoms with Gasteiger partial charge in [0.25, 0.3) is 11.1 Å². The van der Waals surface area contributed by atoms with Gasteiger partial charge in [0.05, 0.1) is 24.7 Å². The van der Waals surface area contributed by atoms with Gasteiger partial charge in [-0.3, -0.25) is 14.9 Å². The summed E-state index contributed by atoms with van der Waals surface area (Å²) < 4.78 is 21.7. The van der Waals surface area contributed by atoms with Crippen molar-refractivity contribution in [1.82, 2.24) is 5.32 Å². The Morgan fingerprint density at radius 2 is 1.39 bits per heavy atom. The van der Waals surface area contributed by atoms with Crippen LogP contribution in [0.4, 0.5) is 4.79 Å². The van der Waals surface area contributed by atoms with E-state index in [0.29, 0.717) is 33.5 Å². The van der Waals surface area contributed by atoms with Gasteiger partial charge in [0.1, 0.15) is 28.7 Å². The predicted octanol–water partition coefficient (Wildman–Crippen LogP) is 5.44. The molecule has 3 aromatic rings. The number of ether oxygens (including phenoxy) is 4. The Bertz CT molecular complexity index is 1340. The first-order valence-electron chi connectivity index (χ1n) is 10.6. The van der Waals surface area contributed by atoms with Crippen molar-refractivity contribution < 1.29 is 33.3 Å². The number of thioether (sulfide) groups is 1. The minimum absolute atomic E-state index is 0.174. The summed E-state index contributed by atoms with van der Waals surface area (Å²) in [5.74, 6) is 1.38. The number of carbonyl (C=O) groups is 3. The van der Waals surface area contributed by atoms with Crippen LogP contribution in [0.2, 0.25) is 0 Å². The molecule has 1 aliphatic rings. The Morgan fingerprint density at radius 3 is 1.92 bits per heavy atom. The number of rotatable bonds is 8. The molecule has 0 saturated carbocycles. The topological polar surface area (TPSA) is 100 Å². The minimum Gasteiger partial charge on any atom is -0.496 e. The molecule has 36 heavy (non-hydrogen) atoms. The molecule has 2 amide bonds. The summed E-state index contributed by atoms with van der Waals surface area (Å²) in [5.41, 5.74) is 1.51. The predicted molar refractivity (Wildman–Crippen MR) is 136 cm³/mol. The first-order chi connectivity index (χ1) is 17.3. The van der Waals surface area contributed by atoms with Gasteiger partial charge in [-0.25, -0.2) is 4.79 Å². The van der Waals surface area contributed by atoms with Crippen molar-refractivity contribution in [3.8, 4) is 28.7 Å². The van der Waals surface area contributed by atoms with Crippen LogP contribution in [0, 0.1) is 0 Å². The van der Waals surface area contributed by atoms with Gasteiger partial charge in [-0.1, -0.05) is 30.8 Å². The van der Waals surface area contributed by atoms with E-state index in [-0.39, 0.29) is 16.6 Å². The van der Waals surface area contributed by atoms with Crippen molar-refractivity contribution in [2.75, 3.05) is 14.2 Å². The lowest BCUT2D eigenvalue weighted by molar-refractivity contribution is -0.128. The molecular formula is C27H21NO7S. The molecule has 182 valence electrons. The summed E-state index contributed by atoms with van der Waals surface area (Å²) in [6.45, 7) is 3.85. The summed E-state index contributed by atoms with van der Waals surface area (Å²) >= 11 is 0.863. The van der Waals surface area contributed by atoms with Gasteiger partial charge < -0.3 is 18.9 Å². The third kappa shape index (κ3) is 5.94. The van der Waals surface area contributed by atoms with Gasteiger partial charge in [-0.2, -0.15) is 0 Å². The van der Waals surface area contributed by atoms with Gasteiger partial charge in [-0.15, -0.1) is 0 Å². The Balaban J connectivity index is 1.38. The number of esters is 1. The number of methoxy groups -OCH3 is 2. The first kappa shape index (κ1) is 24.6. The summed E-state index contributed by atoms with van der Waals surface area (Å²) in [5, 5.41) is 1.84. The maximum absolute atomic E-state index is 12.6. The van der Waals surface area contributed by atoms with Crippen LogP contribution in [0.5, 0.6) is 28.7 Å². The van der Waals surface area contributed by atoms with E-state index in [1.165, 1.54) is 14.2 Å². The molecule has 0 aliphatic carbocycles. The fourth-order valence-corrected chi connectivity index (χ4v) is 3.87. The average Bonchev–Trinajstić information content (AvgIpc) is 3.20. The molecule has 0 spiro atoms. The normalized spacial score (nSPS) is 13.8. The zero-order chi connectivity index (χ0) is 25.7. The van der Waals surface area contributed by atoms with Gasteiger partial charge in [-0.05, 0) is 53.2 Å². The molecule has 9 heteroatoms. The summed E-state index contributed by atoms with van der Waals surface area (Å²) in [7, 11) is 3.01. The highest BCUT2D eigenvalue weighted by molar-refractivity contribution is 8.18. The SMILES string of the molecule is C=C(C(=O)Oc1cc(OC)cc(OC)c1)c1ccc(Oc2ccc(C=C3SC(=O)NC3=O)cc2)cc1. The molecule has 1 aliphatic heterocycles. The zero-order valence-electron chi connectivity index (χ0n) is 19.4. The minimum atomic E-state index is -0.612. The van der Waals surface area contributed by atoms with Gasteiger partial charge >= 0.3 is 5.97 Å². The maximum atomic E-state index is 12.6. The largest absolute Gasteiger partial charge is 0.496 e. The molecule has 0 atom stereocenters. The van der Waals surface area contributed by atoms with E-state index in [9.17, 15) is 14.4 Å². The standard InChI is InChI=1S/C27H21NO7S/c1-16(26(30)35-23-14-21(32-2)13-22(15-23)33-3)18-6-10-20(11-7-18)34-19-8-4-17(5-9-19)12-24-25(29)28-27(31)36-24/h4-15H,1H2,2-3H3,(H,28,29,31). The lowest BCUT2D eigenvalue weighted by Crippen LogP contribution is -2.17. The summed E-state index contributed by atoms with van der Waals surface area (Å²) in [4.78, 5) is 35.9. The van der Waals surface area contributed by atoms with Crippen molar-refractivity contribution in [3.63, 3.8) is 0 Å². The van der Waals surface area contributed by atoms with Crippen molar-refractivity contribution in [2.45, 2.75) is 0 Å². The van der Waals surface area contributed by atoms with Crippen LogP contribution in [-0.4, -0.2) is 31.3 Å². The molecule has 1 N–H and O–H groups in total. The van der Waals surface area contributed by atoms with Crippen LogP contribution in [-0.2, 0) is 9.59 Å². The molecular weight excluding hydrogens is 482 g/mol. The number of imide groups is 1. The van der Waals surface area contributed by atoms with Gasteiger partial charge in [0.2, 0.25) is 0 Å². The fourth-order valence-electron chi connectivity index (χ4n) is 3.19. The van der Waals surface area contributed by atoms with E-state index in [4.69, 9.17) is 18.9 Å². The number of hydrogen-bond donors (Lipinski definition) is 1. The van der Waals surface area contributed by atoms with Crippen molar-refractivity contribution in [1.29, 1.82) is 0 Å². The summed E-state index contributed by atoms with van der Waals surface area (Å²) in [6.07, 6.45) is 1.63. The second-order valence-electron chi connectivity index (χ2n) is 7.46. The van der Waals surface area contributed by atoms with E-state index < -0.39 is 11.9 Å². The Morgan fingerprint density at radius 1 is 0.833 bits per heavy atom. The molecule has 0 bridgehead atoms. The number of nitrogens with one attached hydrogen (secondary N) is 1. The van der Waals surface area contributed by atoms with Crippen LogP contribution < -0.4 is 24.3 Å². The molecule has 0 aromatic heterocycles. The molecule has 1 saturated heterocycles. The Labute approximate surface area is 211 Å². The van der Waals surface area contributed by atoms with E-state index in [2.05, 4.69) is 11.9 Å². The highest BCUT2D eigenvalue weighted by Gasteiger charge is 2.24. The van der Waals surface area contributed by atoms with Crippen LogP contribution in [0.1, 0.15) is 11.1 Å². The molecule has 3 aromatic carbocycles. The van der Waals surface area contributed by atoms with Gasteiger partial charge in [0, 0.05) is 18.2 Å². The third-order valence-electron chi connectivity index (χ3n) is 5.04. The average molecular weight is 504 g/mol. The lowest BCUT2D eigenvalue weighted by Gasteiger charge is -2.11. The molecule has 1 fully saturated rings. The molecule has 1 heterocycles. The van der Waals surface area contributed by atoms with E-state index in [1.807, 2.05) is 0 Å². The lowest BCUT2D eigenvalue weighted by atomic mass is 10.1. The molecule has 8 nitrogen and oxygen atoms in total. The second kappa shape index (κ2) is 10.8. The van der Waals surface area contributed by atoms with Crippen LogP contribution in [0.15, 0.2) is 78.2 Å². The van der Waals surface area contributed by atoms with E-state index in [1.54, 1.807) is 72.8 Å². The Kier molecular flexibility index (Phi) is 7.41.